The second kappa shape index (κ2) is 8.41. The minimum Gasteiger partial charge on any atom is -0.316 e. The molecule has 1 aliphatic rings. The van der Waals surface area contributed by atoms with Gasteiger partial charge in [0.15, 0.2) is 0 Å². The topological polar surface area (TPSA) is 12.0 Å². The summed E-state index contributed by atoms with van der Waals surface area (Å²) in [5, 5.41) is 3.68. The van der Waals surface area contributed by atoms with Crippen molar-refractivity contribution in [2.75, 3.05) is 13.1 Å². The molecule has 1 saturated carbocycles. The van der Waals surface area contributed by atoms with Crippen LogP contribution in [-0.4, -0.2) is 13.1 Å². The quantitative estimate of drug-likeness (QED) is 0.607. The summed E-state index contributed by atoms with van der Waals surface area (Å²) in [5.74, 6) is 3.70. The van der Waals surface area contributed by atoms with E-state index in [4.69, 9.17) is 0 Å². The maximum atomic E-state index is 3.68. The van der Waals surface area contributed by atoms with Crippen molar-refractivity contribution in [2.45, 2.75) is 80.1 Å². The van der Waals surface area contributed by atoms with Gasteiger partial charge in [-0.3, -0.25) is 0 Å². The van der Waals surface area contributed by atoms with Gasteiger partial charge >= 0.3 is 0 Å². The van der Waals surface area contributed by atoms with Crippen LogP contribution < -0.4 is 5.32 Å². The molecule has 0 bridgehead atoms. The van der Waals surface area contributed by atoms with Gasteiger partial charge < -0.3 is 5.32 Å². The zero-order chi connectivity index (χ0) is 15.2. The van der Waals surface area contributed by atoms with Crippen molar-refractivity contribution in [3.63, 3.8) is 0 Å². The van der Waals surface area contributed by atoms with Gasteiger partial charge in [0.05, 0.1) is 0 Å². The maximum absolute atomic E-state index is 3.68. The predicted molar refractivity (Wildman–Crippen MR) is 91.0 cm³/mol. The van der Waals surface area contributed by atoms with Crippen molar-refractivity contribution in [3.05, 3.63) is 0 Å². The first-order valence-electron chi connectivity index (χ1n) is 9.09. The molecule has 0 spiro atoms. The smallest absolute Gasteiger partial charge is 0.00179 e. The van der Waals surface area contributed by atoms with Crippen LogP contribution in [0.2, 0.25) is 0 Å². The highest BCUT2D eigenvalue weighted by molar-refractivity contribution is 4.87. The van der Waals surface area contributed by atoms with Crippen LogP contribution in [0.25, 0.3) is 0 Å². The molecule has 0 aromatic rings. The number of hydrogen-bond acceptors (Lipinski definition) is 1. The van der Waals surface area contributed by atoms with E-state index >= 15 is 0 Å². The van der Waals surface area contributed by atoms with Crippen LogP contribution in [0.1, 0.15) is 80.1 Å². The number of hydrogen-bond donors (Lipinski definition) is 1. The van der Waals surface area contributed by atoms with E-state index in [1.54, 1.807) is 0 Å². The second-order valence-electron chi connectivity index (χ2n) is 8.35. The van der Waals surface area contributed by atoms with Gasteiger partial charge in [-0.15, -0.1) is 0 Å². The van der Waals surface area contributed by atoms with E-state index in [0.29, 0.717) is 5.41 Å². The highest BCUT2D eigenvalue weighted by Crippen LogP contribution is 2.44. The molecule has 0 aromatic carbocycles. The van der Waals surface area contributed by atoms with Crippen molar-refractivity contribution in [3.8, 4) is 0 Å². The zero-order valence-electron chi connectivity index (χ0n) is 15.0. The SMILES string of the molecule is CCCNCC1CCC(C(C)(C)C)CC1CC(C)CC. The van der Waals surface area contributed by atoms with Crippen LogP contribution in [0.3, 0.4) is 0 Å². The summed E-state index contributed by atoms with van der Waals surface area (Å²) in [6.45, 7) is 16.8. The largest absolute Gasteiger partial charge is 0.316 e. The molecule has 0 amide bonds. The molecule has 0 radical (unpaired) electrons. The highest BCUT2D eigenvalue weighted by Gasteiger charge is 2.35. The zero-order valence-corrected chi connectivity index (χ0v) is 15.0. The minimum atomic E-state index is 0.496. The Balaban J connectivity index is 2.59. The van der Waals surface area contributed by atoms with Gasteiger partial charge in [0.1, 0.15) is 0 Å². The Labute approximate surface area is 128 Å². The molecule has 1 rings (SSSR count). The third-order valence-corrected chi connectivity index (χ3v) is 5.60. The molecule has 1 heteroatoms. The van der Waals surface area contributed by atoms with Crippen LogP contribution in [0.5, 0.6) is 0 Å². The Morgan fingerprint density at radius 3 is 2.35 bits per heavy atom. The molecule has 0 heterocycles. The molecule has 1 N–H and O–H groups in total. The molecule has 0 saturated heterocycles. The summed E-state index contributed by atoms with van der Waals surface area (Å²) < 4.78 is 0. The first kappa shape index (κ1) is 18.0. The van der Waals surface area contributed by atoms with Gasteiger partial charge in [-0.2, -0.15) is 0 Å². The molecule has 0 aliphatic heterocycles. The molecular weight excluding hydrogens is 242 g/mol. The summed E-state index contributed by atoms with van der Waals surface area (Å²) in [6.07, 6.45) is 8.39. The molecule has 4 unspecified atom stereocenters. The maximum Gasteiger partial charge on any atom is -0.00179 e. The third-order valence-electron chi connectivity index (χ3n) is 5.60. The Bertz CT molecular complexity index is 253. The van der Waals surface area contributed by atoms with Gasteiger partial charge in [-0.25, -0.2) is 0 Å². The Hall–Kier alpha value is -0.0400. The first-order chi connectivity index (χ1) is 9.38. The van der Waals surface area contributed by atoms with Crippen LogP contribution in [0.4, 0.5) is 0 Å². The third kappa shape index (κ3) is 5.76. The molecular formula is C19H39N. The normalized spacial score (nSPS) is 29.4. The lowest BCUT2D eigenvalue weighted by Crippen LogP contribution is -2.37. The van der Waals surface area contributed by atoms with E-state index < -0.39 is 0 Å². The van der Waals surface area contributed by atoms with Crippen molar-refractivity contribution in [2.24, 2.45) is 29.1 Å². The van der Waals surface area contributed by atoms with Crippen LogP contribution >= 0.6 is 0 Å². The average molecular weight is 282 g/mol. The Morgan fingerprint density at radius 2 is 1.80 bits per heavy atom. The van der Waals surface area contributed by atoms with E-state index in [2.05, 4.69) is 46.9 Å². The lowest BCUT2D eigenvalue weighted by molar-refractivity contribution is 0.0840. The fraction of sp³-hybridized carbons (Fsp3) is 1.00. The molecule has 20 heavy (non-hydrogen) atoms. The van der Waals surface area contributed by atoms with Crippen LogP contribution in [-0.2, 0) is 0 Å². The van der Waals surface area contributed by atoms with E-state index in [1.165, 1.54) is 51.6 Å². The van der Waals surface area contributed by atoms with Crippen molar-refractivity contribution in [1.82, 2.24) is 5.32 Å². The van der Waals surface area contributed by atoms with E-state index in [-0.39, 0.29) is 0 Å². The van der Waals surface area contributed by atoms with E-state index in [1.807, 2.05) is 0 Å². The number of nitrogens with one attached hydrogen (secondary N) is 1. The summed E-state index contributed by atoms with van der Waals surface area (Å²) in [4.78, 5) is 0. The minimum absolute atomic E-state index is 0.496. The van der Waals surface area contributed by atoms with Gasteiger partial charge in [0.2, 0.25) is 0 Å². The first-order valence-corrected chi connectivity index (χ1v) is 9.09. The summed E-state index contributed by atoms with van der Waals surface area (Å²) in [6, 6.07) is 0. The van der Waals surface area contributed by atoms with Crippen LogP contribution in [0.15, 0.2) is 0 Å². The fourth-order valence-electron chi connectivity index (χ4n) is 3.82. The average Bonchev–Trinajstić information content (AvgIpc) is 2.39. The molecule has 4 atom stereocenters. The lowest BCUT2D eigenvalue weighted by Gasteiger charge is -2.43. The van der Waals surface area contributed by atoms with E-state index in [9.17, 15) is 0 Å². The molecule has 1 nitrogen and oxygen atoms in total. The van der Waals surface area contributed by atoms with Crippen molar-refractivity contribution < 1.29 is 0 Å². The second-order valence-corrected chi connectivity index (χ2v) is 8.35. The molecule has 120 valence electrons. The molecule has 1 fully saturated rings. The van der Waals surface area contributed by atoms with Gasteiger partial charge in [-0.1, -0.05) is 48.0 Å². The predicted octanol–water partition coefficient (Wildman–Crippen LogP) is 5.50. The molecule has 1 aliphatic carbocycles. The van der Waals surface area contributed by atoms with Crippen LogP contribution in [0, 0.1) is 29.1 Å². The van der Waals surface area contributed by atoms with Gasteiger partial charge in [0.25, 0.3) is 0 Å². The monoisotopic (exact) mass is 281 g/mol. The van der Waals surface area contributed by atoms with Crippen molar-refractivity contribution >= 4 is 0 Å². The van der Waals surface area contributed by atoms with E-state index in [0.717, 1.165) is 23.7 Å². The van der Waals surface area contributed by atoms with Crippen molar-refractivity contribution in [1.29, 1.82) is 0 Å². The summed E-state index contributed by atoms with van der Waals surface area (Å²) in [5.41, 5.74) is 0.496. The standard InChI is InChI=1S/C19H39N/c1-7-11-20-14-16-9-10-18(19(4,5)6)13-17(16)12-15(3)8-2/h15-18,20H,7-14H2,1-6H3. The fourth-order valence-corrected chi connectivity index (χ4v) is 3.82. The van der Waals surface area contributed by atoms with Gasteiger partial charge in [-0.05, 0) is 74.3 Å². The highest BCUT2D eigenvalue weighted by atomic mass is 14.9. The Morgan fingerprint density at radius 1 is 1.10 bits per heavy atom. The summed E-state index contributed by atoms with van der Waals surface area (Å²) in [7, 11) is 0. The summed E-state index contributed by atoms with van der Waals surface area (Å²) >= 11 is 0. The number of rotatable bonds is 7. The lowest BCUT2D eigenvalue weighted by atomic mass is 9.64. The van der Waals surface area contributed by atoms with Gasteiger partial charge in [0, 0.05) is 0 Å². The molecule has 0 aromatic heterocycles. The Kier molecular flexibility index (Phi) is 7.58.